The number of rotatable bonds is 8. The van der Waals surface area contributed by atoms with Gasteiger partial charge in [-0.25, -0.2) is 9.97 Å². The largest absolute Gasteiger partial charge is 0.370 e. The van der Waals surface area contributed by atoms with Crippen LogP contribution in [0.2, 0.25) is 0 Å². The summed E-state index contributed by atoms with van der Waals surface area (Å²) >= 11 is 0. The number of nitrogens with zero attached hydrogens (tertiary/aromatic N) is 3. The van der Waals surface area contributed by atoms with Crippen LogP contribution in [0.25, 0.3) is 0 Å². The Morgan fingerprint density at radius 2 is 1.84 bits per heavy atom. The molecule has 0 aromatic carbocycles. The van der Waals surface area contributed by atoms with Crippen molar-refractivity contribution in [3.8, 4) is 0 Å². The van der Waals surface area contributed by atoms with Gasteiger partial charge in [0.1, 0.15) is 17.5 Å². The number of hydrogen-bond donors (Lipinski definition) is 2. The van der Waals surface area contributed by atoms with Gasteiger partial charge >= 0.3 is 0 Å². The van der Waals surface area contributed by atoms with E-state index in [0.717, 1.165) is 37.1 Å². The highest BCUT2D eigenvalue weighted by atomic mass is 15.1. The number of anilines is 2. The Bertz CT molecular complexity index is 380. The third-order valence-corrected chi connectivity index (χ3v) is 3.31. The average Bonchev–Trinajstić information content (AvgIpc) is 2.37. The summed E-state index contributed by atoms with van der Waals surface area (Å²) < 4.78 is 0. The zero-order chi connectivity index (χ0) is 14.3. The predicted molar refractivity (Wildman–Crippen MR) is 81.8 cm³/mol. The maximum absolute atomic E-state index is 4.40. The van der Waals surface area contributed by atoms with Gasteiger partial charge in [-0.05, 0) is 34.2 Å². The Kier molecular flexibility index (Phi) is 6.56. The highest BCUT2D eigenvalue weighted by Crippen LogP contribution is 2.10. The summed E-state index contributed by atoms with van der Waals surface area (Å²) in [5.74, 6) is 2.56. The van der Waals surface area contributed by atoms with E-state index in [2.05, 4.69) is 53.3 Å². The van der Waals surface area contributed by atoms with Crippen molar-refractivity contribution in [1.29, 1.82) is 0 Å². The fraction of sp³-hybridized carbons (Fsp3) is 0.714. The van der Waals surface area contributed by atoms with Gasteiger partial charge in [0.15, 0.2) is 0 Å². The van der Waals surface area contributed by atoms with Crippen LogP contribution in [0.5, 0.6) is 0 Å². The molecule has 0 saturated carbocycles. The van der Waals surface area contributed by atoms with Crippen LogP contribution in [0.1, 0.15) is 33.0 Å². The lowest BCUT2D eigenvalue weighted by Crippen LogP contribution is -2.32. The van der Waals surface area contributed by atoms with E-state index in [1.54, 1.807) is 0 Å². The maximum atomic E-state index is 4.40. The molecule has 19 heavy (non-hydrogen) atoms. The van der Waals surface area contributed by atoms with E-state index in [-0.39, 0.29) is 0 Å². The third-order valence-electron chi connectivity index (χ3n) is 3.31. The Morgan fingerprint density at radius 1 is 1.21 bits per heavy atom. The number of likely N-dealkylation sites (N-methyl/N-ethyl adjacent to an activating group) is 1. The molecule has 1 aromatic heterocycles. The van der Waals surface area contributed by atoms with E-state index in [0.29, 0.717) is 6.04 Å². The number of aryl methyl sites for hydroxylation is 1. The summed E-state index contributed by atoms with van der Waals surface area (Å²) in [6.45, 7) is 11.2. The molecule has 0 amide bonds. The minimum absolute atomic E-state index is 0.617. The van der Waals surface area contributed by atoms with E-state index in [1.807, 2.05) is 13.0 Å². The number of aromatic nitrogens is 2. The summed E-state index contributed by atoms with van der Waals surface area (Å²) in [6.07, 6.45) is 1.17. The summed E-state index contributed by atoms with van der Waals surface area (Å²) in [7, 11) is 2.16. The number of hydrogen-bond acceptors (Lipinski definition) is 5. The van der Waals surface area contributed by atoms with E-state index >= 15 is 0 Å². The molecular formula is C14H27N5. The molecule has 5 nitrogen and oxygen atoms in total. The fourth-order valence-electron chi connectivity index (χ4n) is 1.82. The Balaban J connectivity index is 2.48. The summed E-state index contributed by atoms with van der Waals surface area (Å²) in [6, 6.07) is 2.57. The van der Waals surface area contributed by atoms with Crippen LogP contribution >= 0.6 is 0 Å². The van der Waals surface area contributed by atoms with Crippen molar-refractivity contribution in [3.05, 3.63) is 11.9 Å². The van der Waals surface area contributed by atoms with Gasteiger partial charge in [-0.3, -0.25) is 0 Å². The first kappa shape index (κ1) is 15.7. The van der Waals surface area contributed by atoms with Crippen LogP contribution in [0.15, 0.2) is 6.07 Å². The molecule has 0 saturated heterocycles. The van der Waals surface area contributed by atoms with Crippen molar-refractivity contribution in [1.82, 2.24) is 14.9 Å². The van der Waals surface area contributed by atoms with Gasteiger partial charge in [-0.2, -0.15) is 0 Å². The third kappa shape index (κ3) is 5.42. The van der Waals surface area contributed by atoms with Crippen LogP contribution in [0.3, 0.4) is 0 Å². The summed E-state index contributed by atoms with van der Waals surface area (Å²) in [5, 5.41) is 6.58. The first-order chi connectivity index (χ1) is 9.06. The monoisotopic (exact) mass is 265 g/mol. The van der Waals surface area contributed by atoms with Crippen molar-refractivity contribution in [3.63, 3.8) is 0 Å². The highest BCUT2D eigenvalue weighted by Gasteiger charge is 2.06. The quantitative estimate of drug-likeness (QED) is 0.755. The van der Waals surface area contributed by atoms with Gasteiger partial charge in [0, 0.05) is 31.7 Å². The molecule has 108 valence electrons. The molecule has 0 bridgehead atoms. The Morgan fingerprint density at radius 3 is 2.42 bits per heavy atom. The van der Waals surface area contributed by atoms with Crippen LogP contribution in [-0.2, 0) is 0 Å². The second-order valence-electron chi connectivity index (χ2n) is 4.88. The molecule has 5 heteroatoms. The van der Waals surface area contributed by atoms with Gasteiger partial charge in [-0.15, -0.1) is 0 Å². The van der Waals surface area contributed by atoms with E-state index in [4.69, 9.17) is 0 Å². The van der Waals surface area contributed by atoms with Crippen LogP contribution in [0, 0.1) is 6.92 Å². The molecule has 1 atom stereocenters. The van der Waals surface area contributed by atoms with E-state index in [1.165, 1.54) is 6.42 Å². The minimum atomic E-state index is 0.617. The molecule has 0 aliphatic rings. The van der Waals surface area contributed by atoms with E-state index < -0.39 is 0 Å². The molecule has 2 N–H and O–H groups in total. The second-order valence-corrected chi connectivity index (χ2v) is 4.88. The lowest BCUT2D eigenvalue weighted by Gasteiger charge is -2.23. The Labute approximate surface area is 116 Å². The molecule has 0 aliphatic heterocycles. The molecule has 0 spiro atoms. The number of nitrogens with one attached hydrogen (secondary N) is 2. The van der Waals surface area contributed by atoms with Crippen molar-refractivity contribution in [2.45, 2.75) is 40.2 Å². The van der Waals surface area contributed by atoms with Gasteiger partial charge in [0.25, 0.3) is 0 Å². The molecule has 1 unspecified atom stereocenters. The fourth-order valence-corrected chi connectivity index (χ4v) is 1.82. The second kappa shape index (κ2) is 7.94. The van der Waals surface area contributed by atoms with Gasteiger partial charge in [-0.1, -0.05) is 6.92 Å². The molecule has 1 heterocycles. The molecule has 0 fully saturated rings. The van der Waals surface area contributed by atoms with Crippen molar-refractivity contribution in [2.75, 3.05) is 37.3 Å². The van der Waals surface area contributed by atoms with Gasteiger partial charge < -0.3 is 15.5 Å². The average molecular weight is 265 g/mol. The predicted octanol–water partition coefficient (Wildman–Crippen LogP) is 2.36. The van der Waals surface area contributed by atoms with Crippen molar-refractivity contribution < 1.29 is 0 Å². The smallest absolute Gasteiger partial charge is 0.131 e. The van der Waals surface area contributed by atoms with Crippen molar-refractivity contribution >= 4 is 11.6 Å². The Hall–Kier alpha value is -1.36. The standard InChI is InChI=1S/C14H27N5/c1-6-11(3)19(5)9-8-16-14-10-13(15-7-2)17-12(4)18-14/h10-11H,6-9H2,1-5H3,(H2,15,16,17,18). The zero-order valence-electron chi connectivity index (χ0n) is 12.8. The van der Waals surface area contributed by atoms with Gasteiger partial charge in [0.2, 0.25) is 0 Å². The molecule has 1 aromatic rings. The summed E-state index contributed by atoms with van der Waals surface area (Å²) in [5.41, 5.74) is 0. The zero-order valence-corrected chi connectivity index (χ0v) is 12.8. The normalized spacial score (nSPS) is 12.5. The molecular weight excluding hydrogens is 238 g/mol. The first-order valence-corrected chi connectivity index (χ1v) is 7.10. The molecule has 1 rings (SSSR count). The first-order valence-electron chi connectivity index (χ1n) is 7.10. The molecule has 0 aliphatic carbocycles. The van der Waals surface area contributed by atoms with E-state index in [9.17, 15) is 0 Å². The lowest BCUT2D eigenvalue weighted by molar-refractivity contribution is 0.261. The molecule has 0 radical (unpaired) electrons. The SMILES string of the molecule is CCNc1cc(NCCN(C)C(C)CC)nc(C)n1. The van der Waals surface area contributed by atoms with Gasteiger partial charge in [0.05, 0.1) is 0 Å². The highest BCUT2D eigenvalue weighted by molar-refractivity contribution is 5.47. The van der Waals surface area contributed by atoms with Crippen LogP contribution < -0.4 is 10.6 Å². The summed E-state index contributed by atoms with van der Waals surface area (Å²) in [4.78, 5) is 11.1. The van der Waals surface area contributed by atoms with Crippen LogP contribution in [0.4, 0.5) is 11.6 Å². The lowest BCUT2D eigenvalue weighted by atomic mass is 10.2. The van der Waals surface area contributed by atoms with Crippen molar-refractivity contribution in [2.24, 2.45) is 0 Å². The maximum Gasteiger partial charge on any atom is 0.131 e. The van der Waals surface area contributed by atoms with Crippen LogP contribution in [-0.4, -0.2) is 47.6 Å². The topological polar surface area (TPSA) is 53.1 Å². The minimum Gasteiger partial charge on any atom is -0.370 e.